The maximum Gasteiger partial charge on any atom is 0.261 e. The van der Waals surface area contributed by atoms with Crippen LogP contribution in [0.4, 0.5) is 11.4 Å². The number of pyridine rings is 1. The maximum atomic E-state index is 13.5. The molecule has 0 aliphatic heterocycles. The second-order valence-electron chi connectivity index (χ2n) is 9.09. The molecule has 0 fully saturated rings. The lowest BCUT2D eigenvalue weighted by molar-refractivity contribution is 0.102. The third-order valence-corrected chi connectivity index (χ3v) is 7.76. The summed E-state index contributed by atoms with van der Waals surface area (Å²) in [5, 5.41) is 3.61. The lowest BCUT2D eigenvalue weighted by atomic mass is 10.0. The number of nitrogens with one attached hydrogen (secondary N) is 2. The van der Waals surface area contributed by atoms with Gasteiger partial charge in [0, 0.05) is 22.3 Å². The lowest BCUT2D eigenvalue weighted by Crippen LogP contribution is -2.14. The Morgan fingerprint density at radius 1 is 0.775 bits per heavy atom. The Balaban J connectivity index is 1.41. The molecule has 0 aliphatic carbocycles. The van der Waals surface area contributed by atoms with E-state index in [0.29, 0.717) is 45.0 Å². The van der Waals surface area contributed by atoms with E-state index in [1.54, 1.807) is 74.9 Å². The second-order valence-corrected chi connectivity index (χ2v) is 10.8. The van der Waals surface area contributed by atoms with Crippen LogP contribution in [-0.2, 0) is 10.0 Å². The zero-order valence-corrected chi connectivity index (χ0v) is 23.0. The van der Waals surface area contributed by atoms with Gasteiger partial charge in [0.15, 0.2) is 11.5 Å². The zero-order valence-electron chi connectivity index (χ0n) is 22.1. The molecule has 202 valence electrons. The molecule has 0 unspecified atom stereocenters. The number of sulfonamides is 1. The molecule has 1 amide bonds. The predicted molar refractivity (Wildman–Crippen MR) is 157 cm³/mol. The molecule has 4 aromatic carbocycles. The SMILES string of the molecule is COc1ccc(-c2cc(C(=O)Nc3ccc(NS(=O)(=O)c4ccc(C)cc4)cc3)c3ccccc3n2)cc1OC. The summed E-state index contributed by atoms with van der Waals surface area (Å²) in [6.07, 6.45) is 0. The molecule has 0 aliphatic rings. The van der Waals surface area contributed by atoms with Crippen molar-refractivity contribution >= 4 is 38.2 Å². The van der Waals surface area contributed by atoms with E-state index in [-0.39, 0.29) is 10.8 Å². The van der Waals surface area contributed by atoms with Gasteiger partial charge in [-0.15, -0.1) is 0 Å². The molecular weight excluding hydrogens is 526 g/mol. The van der Waals surface area contributed by atoms with E-state index in [0.717, 1.165) is 11.1 Å². The summed E-state index contributed by atoms with van der Waals surface area (Å²) in [6, 6.07) is 27.7. The van der Waals surface area contributed by atoms with E-state index in [4.69, 9.17) is 14.5 Å². The Morgan fingerprint density at radius 3 is 2.15 bits per heavy atom. The van der Waals surface area contributed by atoms with Gasteiger partial charge in [0.1, 0.15) is 0 Å². The van der Waals surface area contributed by atoms with Gasteiger partial charge in [-0.1, -0.05) is 35.9 Å². The number of hydrogen-bond donors (Lipinski definition) is 2. The van der Waals surface area contributed by atoms with Gasteiger partial charge in [0.05, 0.1) is 35.9 Å². The molecule has 0 atom stereocenters. The van der Waals surface area contributed by atoms with Gasteiger partial charge in [-0.05, 0) is 73.7 Å². The van der Waals surface area contributed by atoms with Gasteiger partial charge in [-0.3, -0.25) is 9.52 Å². The molecule has 0 saturated carbocycles. The number of ether oxygens (including phenoxy) is 2. The van der Waals surface area contributed by atoms with Crippen LogP contribution in [0, 0.1) is 6.92 Å². The van der Waals surface area contributed by atoms with E-state index in [1.165, 1.54) is 0 Å². The number of amides is 1. The van der Waals surface area contributed by atoms with Gasteiger partial charge >= 0.3 is 0 Å². The van der Waals surface area contributed by atoms with Crippen molar-refractivity contribution in [2.75, 3.05) is 24.3 Å². The number of fused-ring (bicyclic) bond motifs is 1. The average molecular weight is 554 g/mol. The first kappa shape index (κ1) is 26.7. The van der Waals surface area contributed by atoms with Crippen LogP contribution >= 0.6 is 0 Å². The van der Waals surface area contributed by atoms with E-state index < -0.39 is 10.0 Å². The smallest absolute Gasteiger partial charge is 0.261 e. The minimum Gasteiger partial charge on any atom is -0.493 e. The molecule has 5 rings (SSSR count). The summed E-state index contributed by atoms with van der Waals surface area (Å²) < 4.78 is 38.8. The zero-order chi connectivity index (χ0) is 28.3. The average Bonchev–Trinajstić information content (AvgIpc) is 2.97. The Hall–Kier alpha value is -4.89. The highest BCUT2D eigenvalue weighted by Crippen LogP contribution is 2.33. The van der Waals surface area contributed by atoms with Gasteiger partial charge < -0.3 is 14.8 Å². The molecule has 1 heterocycles. The summed E-state index contributed by atoms with van der Waals surface area (Å²) in [5.74, 6) is 0.821. The Bertz CT molecular complexity index is 1800. The second kappa shape index (κ2) is 11.1. The van der Waals surface area contributed by atoms with Crippen molar-refractivity contribution in [2.24, 2.45) is 0 Å². The van der Waals surface area contributed by atoms with Crippen molar-refractivity contribution in [3.63, 3.8) is 0 Å². The summed E-state index contributed by atoms with van der Waals surface area (Å²) in [7, 11) is -0.603. The quantitative estimate of drug-likeness (QED) is 0.234. The first-order valence-corrected chi connectivity index (χ1v) is 13.9. The van der Waals surface area contributed by atoms with Gasteiger partial charge in [-0.2, -0.15) is 0 Å². The van der Waals surface area contributed by atoms with E-state index in [9.17, 15) is 13.2 Å². The number of carbonyl (C=O) groups is 1. The predicted octanol–water partition coefficient (Wildman–Crippen LogP) is 6.28. The number of nitrogens with zero attached hydrogens (tertiary/aromatic N) is 1. The fraction of sp³-hybridized carbons (Fsp3) is 0.0968. The number of aromatic nitrogens is 1. The number of para-hydroxylation sites is 1. The molecule has 40 heavy (non-hydrogen) atoms. The van der Waals surface area contributed by atoms with E-state index >= 15 is 0 Å². The topological polar surface area (TPSA) is 107 Å². The van der Waals surface area contributed by atoms with Crippen LogP contribution in [0.15, 0.2) is 102 Å². The third kappa shape index (κ3) is 5.60. The van der Waals surface area contributed by atoms with Crippen molar-refractivity contribution in [1.82, 2.24) is 4.98 Å². The fourth-order valence-electron chi connectivity index (χ4n) is 4.26. The molecule has 0 spiro atoms. The number of benzene rings is 4. The van der Waals surface area contributed by atoms with Crippen LogP contribution in [-0.4, -0.2) is 33.5 Å². The van der Waals surface area contributed by atoms with Crippen LogP contribution in [0.5, 0.6) is 11.5 Å². The van der Waals surface area contributed by atoms with Crippen LogP contribution in [0.2, 0.25) is 0 Å². The van der Waals surface area contributed by atoms with Crippen molar-refractivity contribution in [1.29, 1.82) is 0 Å². The highest BCUT2D eigenvalue weighted by atomic mass is 32.2. The number of aryl methyl sites for hydroxylation is 1. The standard InChI is InChI=1S/C31H27N3O5S/c1-20-8-15-24(16-9-20)40(36,37)34-23-13-11-22(12-14-23)32-31(35)26-19-28(33-27-7-5-4-6-25(26)27)21-10-17-29(38-2)30(18-21)39-3/h4-19,34H,1-3H3,(H,32,35). The molecular formula is C31H27N3O5S. The van der Waals surface area contributed by atoms with Gasteiger partial charge in [0.2, 0.25) is 0 Å². The van der Waals surface area contributed by atoms with E-state index in [2.05, 4.69) is 10.0 Å². The van der Waals surface area contributed by atoms with Crippen molar-refractivity contribution in [3.05, 3.63) is 108 Å². The van der Waals surface area contributed by atoms with Crippen molar-refractivity contribution < 1.29 is 22.7 Å². The number of hydrogen-bond acceptors (Lipinski definition) is 6. The van der Waals surface area contributed by atoms with Crippen LogP contribution < -0.4 is 19.5 Å². The fourth-order valence-corrected chi connectivity index (χ4v) is 5.32. The summed E-state index contributed by atoms with van der Waals surface area (Å²) >= 11 is 0. The molecule has 8 nitrogen and oxygen atoms in total. The third-order valence-electron chi connectivity index (χ3n) is 6.37. The minimum atomic E-state index is -3.74. The Kier molecular flexibility index (Phi) is 7.39. The van der Waals surface area contributed by atoms with E-state index in [1.807, 2.05) is 43.3 Å². The first-order chi connectivity index (χ1) is 19.3. The molecule has 5 aromatic rings. The number of rotatable bonds is 8. The molecule has 0 radical (unpaired) electrons. The molecule has 0 saturated heterocycles. The number of methoxy groups -OCH3 is 2. The number of anilines is 2. The first-order valence-electron chi connectivity index (χ1n) is 12.4. The minimum absolute atomic E-state index is 0.172. The lowest BCUT2D eigenvalue weighted by Gasteiger charge is -2.13. The van der Waals surface area contributed by atoms with Crippen LogP contribution in [0.3, 0.4) is 0 Å². The molecule has 1 aromatic heterocycles. The Morgan fingerprint density at radius 2 is 1.45 bits per heavy atom. The summed E-state index contributed by atoms with van der Waals surface area (Å²) in [5.41, 5.74) is 4.34. The summed E-state index contributed by atoms with van der Waals surface area (Å²) in [6.45, 7) is 1.89. The van der Waals surface area contributed by atoms with Crippen LogP contribution in [0.25, 0.3) is 22.2 Å². The van der Waals surface area contributed by atoms with Crippen molar-refractivity contribution in [2.45, 2.75) is 11.8 Å². The van der Waals surface area contributed by atoms with Gasteiger partial charge in [0.25, 0.3) is 15.9 Å². The highest BCUT2D eigenvalue weighted by Gasteiger charge is 2.17. The number of carbonyl (C=O) groups excluding carboxylic acids is 1. The summed E-state index contributed by atoms with van der Waals surface area (Å²) in [4.78, 5) is 18.4. The monoisotopic (exact) mass is 553 g/mol. The largest absolute Gasteiger partial charge is 0.493 e. The molecule has 9 heteroatoms. The maximum absolute atomic E-state index is 13.5. The van der Waals surface area contributed by atoms with Crippen molar-refractivity contribution in [3.8, 4) is 22.8 Å². The molecule has 0 bridgehead atoms. The highest BCUT2D eigenvalue weighted by molar-refractivity contribution is 7.92. The van der Waals surface area contributed by atoms with Gasteiger partial charge in [-0.25, -0.2) is 13.4 Å². The normalized spacial score (nSPS) is 11.2. The molecule has 2 N–H and O–H groups in total. The van der Waals surface area contributed by atoms with Crippen LogP contribution in [0.1, 0.15) is 15.9 Å². The Labute approximate surface area is 232 Å².